The van der Waals surface area contributed by atoms with Crippen LogP contribution in [0.3, 0.4) is 0 Å². The van der Waals surface area contributed by atoms with E-state index in [-0.39, 0.29) is 14.8 Å². The molecule has 4 rings (SSSR count). The zero-order chi connectivity index (χ0) is 22.0. The zero-order valence-corrected chi connectivity index (χ0v) is 18.2. The highest BCUT2D eigenvalue weighted by Crippen LogP contribution is 2.41. The lowest BCUT2D eigenvalue weighted by atomic mass is 10.2. The maximum absolute atomic E-state index is 13.9. The van der Waals surface area contributed by atoms with Gasteiger partial charge in [-0.1, -0.05) is 72.5 Å². The molecule has 1 aliphatic rings. The predicted octanol–water partition coefficient (Wildman–Crippen LogP) is 5.67. The van der Waals surface area contributed by atoms with Gasteiger partial charge in [0.25, 0.3) is 5.91 Å². The fraction of sp³-hybridized carbons (Fsp3) is 0.0952. The van der Waals surface area contributed by atoms with Crippen molar-refractivity contribution >= 4 is 52.0 Å². The molecule has 0 unspecified atom stereocenters. The summed E-state index contributed by atoms with van der Waals surface area (Å²) in [5, 5.41) is 6.63. The highest BCUT2D eigenvalue weighted by molar-refractivity contribution is 8.26. The number of para-hydroxylation sites is 1. The summed E-state index contributed by atoms with van der Waals surface area (Å²) in [6.45, 7) is 0. The molecule has 31 heavy (non-hydrogen) atoms. The Morgan fingerprint density at radius 2 is 1.74 bits per heavy atom. The van der Waals surface area contributed by atoms with Crippen LogP contribution in [-0.2, 0) is 16.7 Å². The Morgan fingerprint density at radius 3 is 2.32 bits per heavy atom. The topological polar surface area (TPSA) is 46.9 Å². The maximum Gasteiger partial charge on any atom is 0.435 e. The monoisotopic (exact) mass is 477 g/mol. The number of benzene rings is 2. The molecule has 0 spiro atoms. The number of aromatic nitrogens is 2. The molecule has 0 saturated carbocycles. The molecule has 1 amide bonds. The summed E-state index contributed by atoms with van der Waals surface area (Å²) in [6.07, 6.45) is -3.48. The Hall–Kier alpha value is -2.56. The standard InChI is InChI=1S/C21H14F3N3OS3/c22-21(23,24)17-15(11-16-18(28)25-20(29)31-16)19(30-12-13-7-3-1-4-8-13)27(26-17)14-9-5-2-6-10-14/h1-11H,12H2,(H,25,28,29)/b16-11-. The normalized spacial score (nSPS) is 15.5. The van der Waals surface area contributed by atoms with Crippen LogP contribution in [0.5, 0.6) is 0 Å². The fourth-order valence-corrected chi connectivity index (χ4v) is 5.02. The summed E-state index contributed by atoms with van der Waals surface area (Å²) < 4.78 is 43.2. The van der Waals surface area contributed by atoms with Gasteiger partial charge in [0.15, 0.2) is 5.69 Å². The van der Waals surface area contributed by atoms with Crippen LogP contribution < -0.4 is 5.32 Å². The van der Waals surface area contributed by atoms with Crippen molar-refractivity contribution in [3.05, 3.63) is 82.4 Å². The lowest BCUT2D eigenvalue weighted by molar-refractivity contribution is -0.141. The largest absolute Gasteiger partial charge is 0.435 e. The molecule has 158 valence electrons. The van der Waals surface area contributed by atoms with Gasteiger partial charge in [-0.15, -0.1) is 11.8 Å². The van der Waals surface area contributed by atoms with Gasteiger partial charge in [-0.05, 0) is 23.8 Å². The lowest BCUT2D eigenvalue weighted by Crippen LogP contribution is -2.17. The fourth-order valence-electron chi connectivity index (χ4n) is 2.92. The minimum atomic E-state index is -4.70. The Labute approximate surface area is 189 Å². The quantitative estimate of drug-likeness (QED) is 0.291. The third kappa shape index (κ3) is 4.86. The number of nitrogens with zero attached hydrogens (tertiary/aromatic N) is 2. The summed E-state index contributed by atoms with van der Waals surface area (Å²) in [6, 6.07) is 18.0. The van der Waals surface area contributed by atoms with Crippen molar-refractivity contribution in [2.75, 3.05) is 0 Å². The van der Waals surface area contributed by atoms with E-state index in [0.717, 1.165) is 17.3 Å². The SMILES string of the molecule is O=C1NC(=S)S/C1=C\c1c(C(F)(F)F)nn(-c2ccccc2)c1SCc1ccccc1. The van der Waals surface area contributed by atoms with E-state index < -0.39 is 17.8 Å². The van der Waals surface area contributed by atoms with Crippen molar-refractivity contribution in [2.45, 2.75) is 17.0 Å². The Morgan fingerprint density at radius 1 is 1.10 bits per heavy atom. The van der Waals surface area contributed by atoms with Crippen LogP contribution in [0.1, 0.15) is 16.8 Å². The molecule has 0 radical (unpaired) electrons. The molecule has 4 nitrogen and oxygen atoms in total. The average molecular weight is 478 g/mol. The first kappa shape index (κ1) is 21.7. The molecule has 1 aromatic heterocycles. The Bertz CT molecular complexity index is 1160. The van der Waals surface area contributed by atoms with Crippen LogP contribution in [-0.4, -0.2) is 20.0 Å². The number of halogens is 3. The van der Waals surface area contributed by atoms with Gasteiger partial charge in [-0.3, -0.25) is 4.79 Å². The minimum absolute atomic E-state index is 0.102. The molecular formula is C21H14F3N3OS3. The van der Waals surface area contributed by atoms with Crippen molar-refractivity contribution in [3.8, 4) is 5.69 Å². The summed E-state index contributed by atoms with van der Waals surface area (Å²) in [5.41, 5.74) is 0.243. The molecule has 1 N–H and O–H groups in total. The molecule has 2 aromatic carbocycles. The van der Waals surface area contributed by atoms with E-state index in [1.807, 2.05) is 30.3 Å². The molecule has 2 heterocycles. The van der Waals surface area contributed by atoms with Crippen LogP contribution in [0.4, 0.5) is 13.2 Å². The molecule has 0 atom stereocenters. The predicted molar refractivity (Wildman–Crippen MR) is 121 cm³/mol. The molecule has 0 aliphatic carbocycles. The minimum Gasteiger partial charge on any atom is -0.307 e. The van der Waals surface area contributed by atoms with Crippen LogP contribution in [0.15, 0.2) is 70.6 Å². The Kier molecular flexibility index (Phi) is 6.22. The molecular weight excluding hydrogens is 463 g/mol. The smallest absolute Gasteiger partial charge is 0.307 e. The van der Waals surface area contributed by atoms with Gasteiger partial charge in [0.05, 0.1) is 10.6 Å². The van der Waals surface area contributed by atoms with Gasteiger partial charge >= 0.3 is 6.18 Å². The summed E-state index contributed by atoms with van der Waals surface area (Å²) in [7, 11) is 0. The van der Waals surface area contributed by atoms with Crippen molar-refractivity contribution in [1.82, 2.24) is 15.1 Å². The first-order chi connectivity index (χ1) is 14.8. The van der Waals surface area contributed by atoms with E-state index in [9.17, 15) is 18.0 Å². The summed E-state index contributed by atoms with van der Waals surface area (Å²) >= 11 is 7.13. The van der Waals surface area contributed by atoms with Gasteiger partial charge < -0.3 is 5.32 Å². The van der Waals surface area contributed by atoms with Crippen molar-refractivity contribution in [1.29, 1.82) is 0 Å². The molecule has 1 saturated heterocycles. The second-order valence-corrected chi connectivity index (χ2v) is 9.12. The maximum atomic E-state index is 13.9. The molecule has 0 bridgehead atoms. The van der Waals surface area contributed by atoms with Crippen molar-refractivity contribution in [2.24, 2.45) is 0 Å². The highest BCUT2D eigenvalue weighted by atomic mass is 32.2. The van der Waals surface area contributed by atoms with Crippen LogP contribution in [0.25, 0.3) is 11.8 Å². The van der Waals surface area contributed by atoms with E-state index in [4.69, 9.17) is 12.2 Å². The second kappa shape index (κ2) is 8.89. The first-order valence-electron chi connectivity index (χ1n) is 9.00. The number of hydrogen-bond acceptors (Lipinski definition) is 5. The van der Waals surface area contributed by atoms with Crippen LogP contribution in [0, 0.1) is 0 Å². The lowest BCUT2D eigenvalue weighted by Gasteiger charge is -2.09. The Balaban J connectivity index is 1.87. The van der Waals surface area contributed by atoms with Crippen LogP contribution >= 0.6 is 35.7 Å². The van der Waals surface area contributed by atoms with E-state index in [0.29, 0.717) is 16.5 Å². The number of carbonyl (C=O) groups is 1. The second-order valence-electron chi connectivity index (χ2n) is 6.44. The number of hydrogen-bond donors (Lipinski definition) is 1. The van der Waals surface area contributed by atoms with Crippen molar-refractivity contribution < 1.29 is 18.0 Å². The number of thioether (sulfide) groups is 2. The molecule has 1 aliphatic heterocycles. The molecule has 10 heteroatoms. The number of carbonyl (C=O) groups excluding carboxylic acids is 1. The number of rotatable bonds is 5. The number of nitrogens with one attached hydrogen (secondary N) is 1. The number of thiocarbonyl (C=S) groups is 1. The average Bonchev–Trinajstić information content (AvgIpc) is 3.27. The van der Waals surface area contributed by atoms with E-state index in [1.165, 1.54) is 22.5 Å². The molecule has 3 aromatic rings. The van der Waals surface area contributed by atoms with Crippen molar-refractivity contribution in [3.63, 3.8) is 0 Å². The van der Waals surface area contributed by atoms with Crippen LogP contribution in [0.2, 0.25) is 0 Å². The van der Waals surface area contributed by atoms with Gasteiger partial charge in [0, 0.05) is 11.3 Å². The zero-order valence-electron chi connectivity index (χ0n) is 15.7. The summed E-state index contributed by atoms with van der Waals surface area (Å²) in [4.78, 5) is 12.2. The third-order valence-electron chi connectivity index (χ3n) is 4.28. The number of alkyl halides is 3. The van der Waals surface area contributed by atoms with Gasteiger partial charge in [-0.25, -0.2) is 4.68 Å². The number of amides is 1. The van der Waals surface area contributed by atoms with E-state index >= 15 is 0 Å². The van der Waals surface area contributed by atoms with Gasteiger partial charge in [-0.2, -0.15) is 18.3 Å². The highest BCUT2D eigenvalue weighted by Gasteiger charge is 2.39. The third-order valence-corrected chi connectivity index (χ3v) is 6.59. The van der Waals surface area contributed by atoms with E-state index in [2.05, 4.69) is 10.4 Å². The summed E-state index contributed by atoms with van der Waals surface area (Å²) in [5.74, 6) is -0.0838. The molecule has 1 fully saturated rings. The van der Waals surface area contributed by atoms with Gasteiger partial charge in [0.2, 0.25) is 0 Å². The first-order valence-corrected chi connectivity index (χ1v) is 11.2. The van der Waals surface area contributed by atoms with Gasteiger partial charge in [0.1, 0.15) is 9.35 Å². The van der Waals surface area contributed by atoms with E-state index in [1.54, 1.807) is 30.3 Å².